The summed E-state index contributed by atoms with van der Waals surface area (Å²) in [5.41, 5.74) is 6.58. The van der Waals surface area contributed by atoms with Gasteiger partial charge >= 0.3 is 0 Å². The monoisotopic (exact) mass is 251 g/mol. The molecule has 1 saturated heterocycles. The van der Waals surface area contributed by atoms with Crippen LogP contribution in [0.5, 0.6) is 0 Å². The minimum absolute atomic E-state index is 0.167. The molecule has 6 nitrogen and oxygen atoms in total. The first-order chi connectivity index (χ1) is 8.60. The molecule has 1 aromatic heterocycles. The van der Waals surface area contributed by atoms with Gasteiger partial charge in [0.2, 0.25) is 0 Å². The van der Waals surface area contributed by atoms with Crippen molar-refractivity contribution in [3.63, 3.8) is 0 Å². The summed E-state index contributed by atoms with van der Waals surface area (Å²) in [4.78, 5) is 14.3. The molecule has 100 valence electrons. The number of nitrogens with two attached hydrogens (primary N) is 1. The van der Waals surface area contributed by atoms with Crippen molar-refractivity contribution in [3.05, 3.63) is 11.9 Å². The fraction of sp³-hybridized carbons (Fsp3) is 0.667. The number of hydrogen-bond acceptors (Lipinski definition) is 4. The van der Waals surface area contributed by atoms with Crippen LogP contribution in [0.1, 0.15) is 30.3 Å². The van der Waals surface area contributed by atoms with E-state index in [2.05, 4.69) is 22.4 Å². The summed E-state index contributed by atoms with van der Waals surface area (Å²) in [5, 5.41) is 7.19. The van der Waals surface area contributed by atoms with Crippen molar-refractivity contribution in [1.29, 1.82) is 0 Å². The van der Waals surface area contributed by atoms with Gasteiger partial charge in [0.05, 0.1) is 5.69 Å². The molecule has 2 rings (SSSR count). The molecule has 2 heterocycles. The highest BCUT2D eigenvalue weighted by Gasteiger charge is 2.22. The molecule has 0 radical (unpaired) electrons. The quantitative estimate of drug-likeness (QED) is 0.810. The zero-order valence-corrected chi connectivity index (χ0v) is 11.0. The third kappa shape index (κ3) is 2.81. The molecule has 6 heteroatoms. The Morgan fingerprint density at radius 1 is 1.67 bits per heavy atom. The number of piperidine rings is 1. The number of carbonyl (C=O) groups excluding carboxylic acids is 1. The van der Waals surface area contributed by atoms with Crippen LogP contribution < -0.4 is 11.1 Å². The normalized spacial score (nSPS) is 20.9. The van der Waals surface area contributed by atoms with E-state index in [1.165, 1.54) is 0 Å². The molecule has 0 aromatic carbocycles. The minimum Gasteiger partial charge on any atom is -0.396 e. The number of carbonyl (C=O) groups is 1. The van der Waals surface area contributed by atoms with Crippen LogP contribution in [0.3, 0.4) is 0 Å². The van der Waals surface area contributed by atoms with E-state index in [4.69, 9.17) is 5.73 Å². The molecule has 18 heavy (non-hydrogen) atoms. The lowest BCUT2D eigenvalue weighted by Crippen LogP contribution is -2.46. The van der Waals surface area contributed by atoms with Crippen molar-refractivity contribution in [1.82, 2.24) is 20.0 Å². The maximum Gasteiger partial charge on any atom is 0.274 e. The second-order valence-corrected chi connectivity index (χ2v) is 4.86. The summed E-state index contributed by atoms with van der Waals surface area (Å²) >= 11 is 0. The standard InChI is InChI=1S/C12H21N5O/c1-3-17-8-10(13)11(15-17)12(18)14-9-5-4-6-16(2)7-9/h8-9H,3-7,13H2,1-2H3,(H,14,18). The van der Waals surface area contributed by atoms with Gasteiger partial charge in [-0.1, -0.05) is 0 Å². The molecule has 0 aliphatic carbocycles. The largest absolute Gasteiger partial charge is 0.396 e. The molecule has 1 fully saturated rings. The fourth-order valence-corrected chi connectivity index (χ4v) is 2.31. The third-order valence-corrected chi connectivity index (χ3v) is 3.29. The van der Waals surface area contributed by atoms with Crippen molar-refractivity contribution in [2.75, 3.05) is 25.9 Å². The van der Waals surface area contributed by atoms with Crippen molar-refractivity contribution in [2.24, 2.45) is 0 Å². The highest BCUT2D eigenvalue weighted by Crippen LogP contribution is 2.12. The molecule has 0 spiro atoms. The summed E-state index contributed by atoms with van der Waals surface area (Å²) in [7, 11) is 2.07. The Hall–Kier alpha value is -1.56. The van der Waals surface area contributed by atoms with Crippen molar-refractivity contribution in [2.45, 2.75) is 32.4 Å². The van der Waals surface area contributed by atoms with Crippen molar-refractivity contribution >= 4 is 11.6 Å². The van der Waals surface area contributed by atoms with Gasteiger partial charge in [0, 0.05) is 25.3 Å². The van der Waals surface area contributed by atoms with E-state index in [1.54, 1.807) is 10.9 Å². The average Bonchev–Trinajstić information content (AvgIpc) is 2.70. The summed E-state index contributed by atoms with van der Waals surface area (Å²) in [6.07, 6.45) is 3.83. The van der Waals surface area contributed by atoms with Gasteiger partial charge in [-0.3, -0.25) is 9.48 Å². The van der Waals surface area contributed by atoms with E-state index in [-0.39, 0.29) is 11.9 Å². The van der Waals surface area contributed by atoms with Crippen LogP contribution in [-0.4, -0.2) is 46.8 Å². The molecular formula is C12H21N5O. The van der Waals surface area contributed by atoms with Crippen LogP contribution in [0.25, 0.3) is 0 Å². The van der Waals surface area contributed by atoms with Crippen LogP contribution in [0.15, 0.2) is 6.20 Å². The maximum atomic E-state index is 12.1. The van der Waals surface area contributed by atoms with E-state index in [1.807, 2.05) is 6.92 Å². The first kappa shape index (κ1) is 12.9. The Morgan fingerprint density at radius 2 is 2.44 bits per heavy atom. The van der Waals surface area contributed by atoms with Crippen LogP contribution in [0.4, 0.5) is 5.69 Å². The number of anilines is 1. The van der Waals surface area contributed by atoms with Gasteiger partial charge in [-0.2, -0.15) is 5.10 Å². The maximum absolute atomic E-state index is 12.1. The molecule has 1 aliphatic rings. The van der Waals surface area contributed by atoms with Gasteiger partial charge in [-0.05, 0) is 33.4 Å². The van der Waals surface area contributed by atoms with Crippen molar-refractivity contribution < 1.29 is 4.79 Å². The zero-order valence-electron chi connectivity index (χ0n) is 11.0. The molecule has 1 aromatic rings. The lowest BCUT2D eigenvalue weighted by molar-refractivity contribution is 0.0907. The summed E-state index contributed by atoms with van der Waals surface area (Å²) in [5.74, 6) is -0.167. The van der Waals surface area contributed by atoms with E-state index in [9.17, 15) is 4.79 Å². The second-order valence-electron chi connectivity index (χ2n) is 4.86. The minimum atomic E-state index is -0.167. The molecule has 1 atom stereocenters. The smallest absolute Gasteiger partial charge is 0.274 e. The van der Waals surface area contributed by atoms with Crippen LogP contribution >= 0.6 is 0 Å². The number of aryl methyl sites for hydroxylation is 1. The lowest BCUT2D eigenvalue weighted by Gasteiger charge is -2.29. The van der Waals surface area contributed by atoms with Crippen molar-refractivity contribution in [3.8, 4) is 0 Å². The topological polar surface area (TPSA) is 76.2 Å². The highest BCUT2D eigenvalue weighted by molar-refractivity contribution is 5.97. The molecule has 0 saturated carbocycles. The number of likely N-dealkylation sites (tertiary alicyclic amines) is 1. The zero-order chi connectivity index (χ0) is 13.1. The number of hydrogen-bond donors (Lipinski definition) is 2. The van der Waals surface area contributed by atoms with E-state index in [0.29, 0.717) is 17.9 Å². The van der Waals surface area contributed by atoms with Crippen LogP contribution in [-0.2, 0) is 6.54 Å². The Labute approximate surface area is 107 Å². The number of likely N-dealkylation sites (N-methyl/N-ethyl adjacent to an activating group) is 1. The Bertz CT molecular complexity index is 428. The Kier molecular flexibility index (Phi) is 3.86. The molecule has 0 bridgehead atoms. The SMILES string of the molecule is CCn1cc(N)c(C(=O)NC2CCCN(C)C2)n1. The predicted octanol–water partition coefficient (Wildman–Crippen LogP) is 0.309. The third-order valence-electron chi connectivity index (χ3n) is 3.29. The van der Waals surface area contributed by atoms with Gasteiger partial charge in [-0.25, -0.2) is 0 Å². The molecule has 1 aliphatic heterocycles. The van der Waals surface area contributed by atoms with Gasteiger partial charge < -0.3 is 16.0 Å². The number of rotatable bonds is 3. The van der Waals surface area contributed by atoms with Gasteiger partial charge in [0.25, 0.3) is 5.91 Å². The van der Waals surface area contributed by atoms with E-state index >= 15 is 0 Å². The van der Waals surface area contributed by atoms with Gasteiger partial charge in [0.15, 0.2) is 5.69 Å². The Balaban J connectivity index is 2.00. The summed E-state index contributed by atoms with van der Waals surface area (Å²) in [6, 6.07) is 0.197. The molecular weight excluding hydrogens is 230 g/mol. The van der Waals surface area contributed by atoms with E-state index < -0.39 is 0 Å². The summed E-state index contributed by atoms with van der Waals surface area (Å²) in [6.45, 7) is 4.66. The first-order valence-electron chi connectivity index (χ1n) is 6.42. The second kappa shape index (κ2) is 5.39. The van der Waals surface area contributed by atoms with Crippen LogP contribution in [0, 0.1) is 0 Å². The van der Waals surface area contributed by atoms with E-state index in [0.717, 1.165) is 25.9 Å². The molecule has 3 N–H and O–H groups in total. The number of amides is 1. The number of nitrogens with zero attached hydrogens (tertiary/aromatic N) is 3. The molecule has 1 unspecified atom stereocenters. The lowest BCUT2D eigenvalue weighted by atomic mass is 10.1. The number of nitrogen functional groups attached to an aromatic ring is 1. The van der Waals surface area contributed by atoms with Crippen LogP contribution in [0.2, 0.25) is 0 Å². The molecule has 1 amide bonds. The Morgan fingerprint density at radius 3 is 3.06 bits per heavy atom. The average molecular weight is 251 g/mol. The number of nitrogens with one attached hydrogen (secondary N) is 1. The van der Waals surface area contributed by atoms with Gasteiger partial charge in [-0.15, -0.1) is 0 Å². The van der Waals surface area contributed by atoms with Gasteiger partial charge in [0.1, 0.15) is 0 Å². The number of aromatic nitrogens is 2. The first-order valence-corrected chi connectivity index (χ1v) is 6.42. The fourth-order valence-electron chi connectivity index (χ4n) is 2.31. The highest BCUT2D eigenvalue weighted by atomic mass is 16.2. The predicted molar refractivity (Wildman–Crippen MR) is 70.3 cm³/mol. The summed E-state index contributed by atoms with van der Waals surface area (Å²) < 4.78 is 1.68.